The van der Waals surface area contributed by atoms with Crippen LogP contribution in [-0.2, 0) is 28.6 Å². The molecule has 3 atom stereocenters. The summed E-state index contributed by atoms with van der Waals surface area (Å²) in [6.07, 6.45) is 50.8. The lowest BCUT2D eigenvalue weighted by molar-refractivity contribution is -0.167. The zero-order chi connectivity index (χ0) is 47.0. The van der Waals surface area contributed by atoms with Gasteiger partial charge in [0.2, 0.25) is 0 Å². The molecule has 380 valence electrons. The maximum atomic E-state index is 12.8. The summed E-state index contributed by atoms with van der Waals surface area (Å²) < 4.78 is 16.9. The molecule has 0 N–H and O–H groups in total. The maximum absolute atomic E-state index is 12.8. The van der Waals surface area contributed by atoms with Gasteiger partial charge in [0, 0.05) is 19.3 Å². The SMILES string of the molecule is CCC(C)CCCCCCCCCCCCCCCCC(=O)OC[C@H](COC(=O)CCCCCCCCCCCCCCCC(C)C)OC(=O)CCCCCCCCCCC(C)CC. The third-order valence-electron chi connectivity index (χ3n) is 13.9. The summed E-state index contributed by atoms with van der Waals surface area (Å²) in [6, 6.07) is 0. The first-order valence-corrected chi connectivity index (χ1v) is 28.7. The zero-order valence-electron chi connectivity index (χ0n) is 44.1. The minimum Gasteiger partial charge on any atom is -0.462 e. The third kappa shape index (κ3) is 48.3. The van der Waals surface area contributed by atoms with Gasteiger partial charge in [-0.1, -0.05) is 279 Å². The van der Waals surface area contributed by atoms with Gasteiger partial charge in [-0.05, 0) is 37.0 Å². The van der Waals surface area contributed by atoms with E-state index in [9.17, 15) is 14.4 Å². The van der Waals surface area contributed by atoms with Gasteiger partial charge in [-0.25, -0.2) is 0 Å². The molecule has 64 heavy (non-hydrogen) atoms. The lowest BCUT2D eigenvalue weighted by Crippen LogP contribution is -2.30. The Bertz CT molecular complexity index is 995. The Kier molecular flexibility index (Phi) is 48.1. The maximum Gasteiger partial charge on any atom is 0.306 e. The van der Waals surface area contributed by atoms with Crippen molar-refractivity contribution in [3.8, 4) is 0 Å². The summed E-state index contributed by atoms with van der Waals surface area (Å²) in [6.45, 7) is 13.8. The van der Waals surface area contributed by atoms with E-state index in [1.54, 1.807) is 0 Å². The van der Waals surface area contributed by atoms with Crippen molar-refractivity contribution in [2.75, 3.05) is 13.2 Å². The van der Waals surface area contributed by atoms with Crippen molar-refractivity contribution in [2.24, 2.45) is 17.8 Å². The zero-order valence-corrected chi connectivity index (χ0v) is 44.1. The fourth-order valence-electron chi connectivity index (χ4n) is 8.76. The lowest BCUT2D eigenvalue weighted by Gasteiger charge is -2.18. The summed E-state index contributed by atoms with van der Waals surface area (Å²) in [7, 11) is 0. The fraction of sp³-hybridized carbons (Fsp3) is 0.948. The summed E-state index contributed by atoms with van der Waals surface area (Å²) in [4.78, 5) is 38.1. The molecule has 0 aliphatic rings. The molecule has 0 amide bonds. The number of carbonyl (C=O) groups excluding carboxylic acids is 3. The first-order chi connectivity index (χ1) is 31.2. The van der Waals surface area contributed by atoms with Gasteiger partial charge >= 0.3 is 17.9 Å². The number of carbonyl (C=O) groups is 3. The molecular formula is C58H112O6. The van der Waals surface area contributed by atoms with Gasteiger partial charge in [0.25, 0.3) is 0 Å². The van der Waals surface area contributed by atoms with Crippen LogP contribution in [0.15, 0.2) is 0 Å². The second-order valence-electron chi connectivity index (χ2n) is 20.9. The highest BCUT2D eigenvalue weighted by molar-refractivity contribution is 5.71. The quantitative estimate of drug-likeness (QED) is 0.0344. The number of esters is 3. The van der Waals surface area contributed by atoms with E-state index in [-0.39, 0.29) is 31.1 Å². The minimum atomic E-state index is -0.764. The van der Waals surface area contributed by atoms with Crippen molar-refractivity contribution >= 4 is 17.9 Å². The molecule has 0 heterocycles. The second-order valence-corrected chi connectivity index (χ2v) is 20.9. The van der Waals surface area contributed by atoms with E-state index >= 15 is 0 Å². The van der Waals surface area contributed by atoms with Crippen molar-refractivity contribution < 1.29 is 28.6 Å². The van der Waals surface area contributed by atoms with Crippen LogP contribution in [0.25, 0.3) is 0 Å². The predicted molar refractivity (Wildman–Crippen MR) is 275 cm³/mol. The number of hydrogen-bond donors (Lipinski definition) is 0. The smallest absolute Gasteiger partial charge is 0.306 e. The highest BCUT2D eigenvalue weighted by atomic mass is 16.6. The molecule has 0 rings (SSSR count). The average Bonchev–Trinajstić information content (AvgIpc) is 3.28. The van der Waals surface area contributed by atoms with Crippen LogP contribution in [0.3, 0.4) is 0 Å². The first-order valence-electron chi connectivity index (χ1n) is 28.7. The van der Waals surface area contributed by atoms with E-state index in [0.29, 0.717) is 19.3 Å². The normalized spacial score (nSPS) is 13.0. The molecule has 0 radical (unpaired) electrons. The fourth-order valence-corrected chi connectivity index (χ4v) is 8.76. The topological polar surface area (TPSA) is 78.9 Å². The molecule has 6 heteroatoms. The van der Waals surface area contributed by atoms with Crippen molar-refractivity contribution in [3.05, 3.63) is 0 Å². The van der Waals surface area contributed by atoms with Crippen LogP contribution in [0.5, 0.6) is 0 Å². The summed E-state index contributed by atoms with van der Waals surface area (Å²) in [5.74, 6) is 1.73. The molecule has 0 fully saturated rings. The predicted octanol–water partition coefficient (Wildman–Crippen LogP) is 18.7. The largest absolute Gasteiger partial charge is 0.462 e. The van der Waals surface area contributed by atoms with Crippen LogP contribution < -0.4 is 0 Å². The Hall–Kier alpha value is -1.59. The van der Waals surface area contributed by atoms with E-state index in [1.165, 1.54) is 199 Å². The molecule has 2 unspecified atom stereocenters. The summed E-state index contributed by atoms with van der Waals surface area (Å²) in [5, 5.41) is 0. The van der Waals surface area contributed by atoms with Crippen LogP contribution >= 0.6 is 0 Å². The summed E-state index contributed by atoms with van der Waals surface area (Å²) in [5.41, 5.74) is 0. The molecule has 0 saturated heterocycles. The third-order valence-corrected chi connectivity index (χ3v) is 13.9. The highest BCUT2D eigenvalue weighted by Gasteiger charge is 2.19. The van der Waals surface area contributed by atoms with E-state index in [2.05, 4.69) is 41.5 Å². The molecular weight excluding hydrogens is 793 g/mol. The van der Waals surface area contributed by atoms with Crippen molar-refractivity contribution in [1.82, 2.24) is 0 Å². The van der Waals surface area contributed by atoms with Crippen LogP contribution in [0.4, 0.5) is 0 Å². The van der Waals surface area contributed by atoms with Crippen LogP contribution in [-0.4, -0.2) is 37.2 Å². The van der Waals surface area contributed by atoms with E-state index in [0.717, 1.165) is 75.5 Å². The van der Waals surface area contributed by atoms with Crippen molar-refractivity contribution in [2.45, 2.75) is 324 Å². The Morgan fingerprint density at radius 1 is 0.312 bits per heavy atom. The Balaban J connectivity index is 4.28. The molecule has 0 bridgehead atoms. The monoisotopic (exact) mass is 905 g/mol. The van der Waals surface area contributed by atoms with Gasteiger partial charge in [0.15, 0.2) is 6.10 Å². The van der Waals surface area contributed by atoms with Gasteiger partial charge in [-0.15, -0.1) is 0 Å². The standard InChI is InChI=1S/C58H112O6/c1-7-53(5)45-39-33-27-21-17-13-9-10-14-18-22-29-35-41-47-56(59)62-50-55(64-58(61)49-43-37-31-25-24-28-34-40-46-54(6)8-2)51-63-57(60)48-42-36-30-23-19-15-11-12-16-20-26-32-38-44-52(3)4/h52-55H,7-51H2,1-6H3/t53?,54?,55-/m1/s1. The molecule has 0 aliphatic carbocycles. The lowest BCUT2D eigenvalue weighted by atomic mass is 9.99. The van der Waals surface area contributed by atoms with Crippen molar-refractivity contribution in [3.63, 3.8) is 0 Å². The molecule has 0 aromatic heterocycles. The molecule has 6 nitrogen and oxygen atoms in total. The van der Waals surface area contributed by atoms with Gasteiger partial charge < -0.3 is 14.2 Å². The second kappa shape index (κ2) is 49.3. The average molecular weight is 906 g/mol. The molecule has 0 aliphatic heterocycles. The molecule has 0 aromatic carbocycles. The number of rotatable bonds is 51. The van der Waals surface area contributed by atoms with Crippen LogP contribution in [0, 0.1) is 17.8 Å². The number of hydrogen-bond acceptors (Lipinski definition) is 6. The van der Waals surface area contributed by atoms with Gasteiger partial charge in [-0.2, -0.15) is 0 Å². The van der Waals surface area contributed by atoms with Gasteiger partial charge in [0.05, 0.1) is 0 Å². The number of ether oxygens (including phenoxy) is 3. The molecule has 0 saturated carbocycles. The van der Waals surface area contributed by atoms with Crippen LogP contribution in [0.1, 0.15) is 318 Å². The molecule has 0 spiro atoms. The van der Waals surface area contributed by atoms with Gasteiger partial charge in [0.1, 0.15) is 13.2 Å². The highest BCUT2D eigenvalue weighted by Crippen LogP contribution is 2.19. The number of unbranched alkanes of at least 4 members (excludes halogenated alkanes) is 32. The van der Waals surface area contributed by atoms with E-state index in [1.807, 2.05) is 0 Å². The first kappa shape index (κ1) is 62.4. The Labute approximate surface area is 399 Å². The van der Waals surface area contributed by atoms with Crippen molar-refractivity contribution in [1.29, 1.82) is 0 Å². The minimum absolute atomic E-state index is 0.0641. The summed E-state index contributed by atoms with van der Waals surface area (Å²) >= 11 is 0. The van der Waals surface area contributed by atoms with Crippen LogP contribution in [0.2, 0.25) is 0 Å². The van der Waals surface area contributed by atoms with Gasteiger partial charge in [-0.3, -0.25) is 14.4 Å². The van der Waals surface area contributed by atoms with E-state index in [4.69, 9.17) is 14.2 Å². The Morgan fingerprint density at radius 3 is 0.812 bits per heavy atom. The van der Waals surface area contributed by atoms with E-state index < -0.39 is 6.10 Å². The molecule has 0 aromatic rings. The Morgan fingerprint density at radius 2 is 0.547 bits per heavy atom.